The van der Waals surface area contributed by atoms with Gasteiger partial charge in [0.25, 0.3) is 0 Å². The van der Waals surface area contributed by atoms with Gasteiger partial charge < -0.3 is 10.0 Å². The van der Waals surface area contributed by atoms with Crippen molar-refractivity contribution in [2.45, 2.75) is 26.1 Å². The van der Waals surface area contributed by atoms with E-state index in [0.717, 1.165) is 11.8 Å². The first-order chi connectivity index (χ1) is 6.15. The van der Waals surface area contributed by atoms with Gasteiger partial charge in [0.2, 0.25) is 0 Å². The molecule has 2 aliphatic rings. The fourth-order valence-corrected chi connectivity index (χ4v) is 2.69. The molecule has 1 heterocycles. The highest BCUT2D eigenvalue weighted by Crippen LogP contribution is 2.53. The van der Waals surface area contributed by atoms with Crippen molar-refractivity contribution in [1.29, 1.82) is 0 Å². The van der Waals surface area contributed by atoms with E-state index < -0.39 is 0 Å². The molecule has 0 radical (unpaired) electrons. The Balaban J connectivity index is 1.83. The SMILES string of the molecule is CNC(O)C1C2CN(C(C)C)CC21. The maximum Gasteiger partial charge on any atom is 0.108 e. The minimum atomic E-state index is -0.274. The Kier molecular flexibility index (Phi) is 2.34. The van der Waals surface area contributed by atoms with Crippen molar-refractivity contribution in [3.63, 3.8) is 0 Å². The van der Waals surface area contributed by atoms with E-state index in [4.69, 9.17) is 0 Å². The highest BCUT2D eigenvalue weighted by Gasteiger charge is 2.58. The number of hydrogen-bond donors (Lipinski definition) is 2. The van der Waals surface area contributed by atoms with E-state index in [1.165, 1.54) is 13.1 Å². The molecule has 13 heavy (non-hydrogen) atoms. The van der Waals surface area contributed by atoms with Crippen LogP contribution in [0.25, 0.3) is 0 Å². The van der Waals surface area contributed by atoms with Crippen molar-refractivity contribution in [3.05, 3.63) is 0 Å². The molecule has 1 aliphatic carbocycles. The first-order valence-electron chi connectivity index (χ1n) is 5.24. The normalized spacial score (nSPS) is 40.8. The quantitative estimate of drug-likeness (QED) is 0.611. The van der Waals surface area contributed by atoms with Crippen LogP contribution in [0.4, 0.5) is 0 Å². The van der Waals surface area contributed by atoms with Crippen molar-refractivity contribution >= 4 is 0 Å². The van der Waals surface area contributed by atoms with Crippen LogP contribution >= 0.6 is 0 Å². The Labute approximate surface area is 80.1 Å². The fraction of sp³-hybridized carbons (Fsp3) is 1.00. The molecule has 0 aromatic rings. The summed E-state index contributed by atoms with van der Waals surface area (Å²) in [6, 6.07) is 0.667. The van der Waals surface area contributed by atoms with Crippen molar-refractivity contribution < 1.29 is 5.11 Å². The van der Waals surface area contributed by atoms with Crippen LogP contribution in [0.2, 0.25) is 0 Å². The van der Waals surface area contributed by atoms with Crippen molar-refractivity contribution in [2.75, 3.05) is 20.1 Å². The van der Waals surface area contributed by atoms with Gasteiger partial charge in [0.15, 0.2) is 0 Å². The summed E-state index contributed by atoms with van der Waals surface area (Å²) in [4.78, 5) is 2.51. The molecule has 0 aromatic heterocycles. The second-order valence-corrected chi connectivity index (χ2v) is 4.69. The number of aliphatic hydroxyl groups is 1. The molecule has 1 saturated heterocycles. The van der Waals surface area contributed by atoms with Crippen molar-refractivity contribution in [1.82, 2.24) is 10.2 Å². The van der Waals surface area contributed by atoms with E-state index in [2.05, 4.69) is 24.1 Å². The summed E-state index contributed by atoms with van der Waals surface area (Å²) in [5.74, 6) is 2.04. The molecule has 3 heteroatoms. The monoisotopic (exact) mass is 184 g/mol. The van der Waals surface area contributed by atoms with Crippen LogP contribution in [0.5, 0.6) is 0 Å². The molecular weight excluding hydrogens is 164 g/mol. The Morgan fingerprint density at radius 1 is 1.31 bits per heavy atom. The average molecular weight is 184 g/mol. The molecule has 3 unspecified atom stereocenters. The highest BCUT2D eigenvalue weighted by molar-refractivity contribution is 5.07. The predicted molar refractivity (Wildman–Crippen MR) is 52.2 cm³/mol. The second-order valence-electron chi connectivity index (χ2n) is 4.69. The number of likely N-dealkylation sites (tertiary alicyclic amines) is 1. The lowest BCUT2D eigenvalue weighted by molar-refractivity contribution is 0.0954. The number of hydrogen-bond acceptors (Lipinski definition) is 3. The lowest BCUT2D eigenvalue weighted by Gasteiger charge is -2.24. The van der Waals surface area contributed by atoms with E-state index in [1.54, 1.807) is 0 Å². The molecule has 1 saturated carbocycles. The van der Waals surface area contributed by atoms with Gasteiger partial charge in [0.1, 0.15) is 6.23 Å². The van der Waals surface area contributed by atoms with Crippen LogP contribution in [0.3, 0.4) is 0 Å². The third-order valence-electron chi connectivity index (χ3n) is 3.68. The zero-order valence-electron chi connectivity index (χ0n) is 8.70. The van der Waals surface area contributed by atoms with Gasteiger partial charge in [-0.3, -0.25) is 5.32 Å². The maximum atomic E-state index is 9.60. The molecule has 2 N–H and O–H groups in total. The van der Waals surface area contributed by atoms with Crippen LogP contribution in [0, 0.1) is 17.8 Å². The molecule has 0 bridgehead atoms. The highest BCUT2D eigenvalue weighted by atomic mass is 16.3. The van der Waals surface area contributed by atoms with Gasteiger partial charge in [-0.15, -0.1) is 0 Å². The number of aliphatic hydroxyl groups excluding tert-OH is 1. The van der Waals surface area contributed by atoms with Crippen LogP contribution in [0.1, 0.15) is 13.8 Å². The molecular formula is C10H20N2O. The zero-order valence-corrected chi connectivity index (χ0v) is 8.70. The van der Waals surface area contributed by atoms with Crippen molar-refractivity contribution in [3.8, 4) is 0 Å². The van der Waals surface area contributed by atoms with Gasteiger partial charge in [0, 0.05) is 25.0 Å². The predicted octanol–water partition coefficient (Wildman–Crippen LogP) is 0.110. The molecule has 3 nitrogen and oxygen atoms in total. The first kappa shape index (κ1) is 9.44. The van der Waals surface area contributed by atoms with Crippen LogP contribution in [-0.4, -0.2) is 42.4 Å². The average Bonchev–Trinajstić information content (AvgIpc) is 2.58. The van der Waals surface area contributed by atoms with Gasteiger partial charge in [-0.2, -0.15) is 0 Å². The van der Waals surface area contributed by atoms with E-state index in [0.29, 0.717) is 12.0 Å². The molecule has 0 amide bonds. The molecule has 76 valence electrons. The summed E-state index contributed by atoms with van der Waals surface area (Å²) < 4.78 is 0. The maximum absolute atomic E-state index is 9.60. The molecule has 1 aliphatic heterocycles. The lowest BCUT2D eigenvalue weighted by atomic mass is 10.2. The van der Waals surface area contributed by atoms with Crippen molar-refractivity contribution in [2.24, 2.45) is 17.8 Å². The smallest absolute Gasteiger partial charge is 0.108 e. The third-order valence-corrected chi connectivity index (χ3v) is 3.68. The molecule has 3 atom stereocenters. The zero-order chi connectivity index (χ0) is 9.59. The summed E-state index contributed by atoms with van der Waals surface area (Å²) in [5, 5.41) is 12.5. The summed E-state index contributed by atoms with van der Waals surface area (Å²) >= 11 is 0. The Morgan fingerprint density at radius 2 is 1.85 bits per heavy atom. The van der Waals surface area contributed by atoms with E-state index in [-0.39, 0.29) is 6.23 Å². The number of nitrogens with one attached hydrogen (secondary N) is 1. The standard InChI is InChI=1S/C10H20N2O/c1-6(2)12-4-7-8(5-12)9(7)10(13)11-3/h6-11,13H,4-5H2,1-3H3. The van der Waals surface area contributed by atoms with Gasteiger partial charge >= 0.3 is 0 Å². The molecule has 2 fully saturated rings. The Hall–Kier alpha value is -0.120. The summed E-state index contributed by atoms with van der Waals surface area (Å²) in [6.45, 7) is 6.86. The largest absolute Gasteiger partial charge is 0.378 e. The van der Waals surface area contributed by atoms with Crippen LogP contribution in [0.15, 0.2) is 0 Å². The second kappa shape index (κ2) is 3.23. The lowest BCUT2D eigenvalue weighted by Crippen LogP contribution is -2.36. The number of nitrogens with zero attached hydrogens (tertiary/aromatic N) is 1. The third kappa shape index (κ3) is 1.49. The Morgan fingerprint density at radius 3 is 2.23 bits per heavy atom. The van der Waals surface area contributed by atoms with E-state index in [1.807, 2.05) is 7.05 Å². The first-order valence-corrected chi connectivity index (χ1v) is 5.24. The van der Waals surface area contributed by atoms with Crippen LogP contribution in [-0.2, 0) is 0 Å². The van der Waals surface area contributed by atoms with Gasteiger partial charge in [-0.05, 0) is 32.7 Å². The molecule has 2 rings (SSSR count). The van der Waals surface area contributed by atoms with Crippen LogP contribution < -0.4 is 5.32 Å². The minimum absolute atomic E-state index is 0.274. The summed E-state index contributed by atoms with van der Waals surface area (Å²) in [7, 11) is 1.83. The topological polar surface area (TPSA) is 35.5 Å². The summed E-state index contributed by atoms with van der Waals surface area (Å²) in [5.41, 5.74) is 0. The fourth-order valence-electron chi connectivity index (χ4n) is 2.69. The Bertz CT molecular complexity index is 183. The molecule has 0 spiro atoms. The number of piperidine rings is 1. The van der Waals surface area contributed by atoms with Gasteiger partial charge in [-0.25, -0.2) is 0 Å². The number of rotatable bonds is 3. The van der Waals surface area contributed by atoms with Gasteiger partial charge in [-0.1, -0.05) is 0 Å². The van der Waals surface area contributed by atoms with Gasteiger partial charge in [0.05, 0.1) is 0 Å². The number of fused-ring (bicyclic) bond motifs is 1. The van der Waals surface area contributed by atoms with E-state index >= 15 is 0 Å². The summed E-state index contributed by atoms with van der Waals surface area (Å²) in [6.07, 6.45) is -0.274. The van der Waals surface area contributed by atoms with E-state index in [9.17, 15) is 5.11 Å². The molecule has 0 aromatic carbocycles. The minimum Gasteiger partial charge on any atom is -0.378 e.